The van der Waals surface area contributed by atoms with Gasteiger partial charge in [-0.3, -0.25) is 9.78 Å². The quantitative estimate of drug-likeness (QED) is 0.760. The van der Waals surface area contributed by atoms with Gasteiger partial charge in [0.25, 0.3) is 5.56 Å². The van der Waals surface area contributed by atoms with Gasteiger partial charge >= 0.3 is 0 Å². The average molecular weight is 353 g/mol. The topological polar surface area (TPSA) is 49.0 Å². The van der Waals surface area contributed by atoms with Crippen LogP contribution in [0.25, 0.3) is 17.0 Å². The molecule has 2 aromatic carbocycles. The van der Waals surface area contributed by atoms with Gasteiger partial charge in [-0.05, 0) is 42.7 Å². The van der Waals surface area contributed by atoms with Crippen LogP contribution >= 0.6 is 0 Å². The molecule has 2 heterocycles. The van der Waals surface area contributed by atoms with Crippen LogP contribution in [0, 0.1) is 11.6 Å². The highest BCUT2D eigenvalue weighted by molar-refractivity contribution is 5.78. The van der Waals surface area contributed by atoms with Crippen molar-refractivity contribution in [3.63, 3.8) is 0 Å². The number of anilines is 1. The Balaban J connectivity index is 1.52. The highest BCUT2D eigenvalue weighted by Crippen LogP contribution is 2.23. The van der Waals surface area contributed by atoms with Gasteiger partial charge in [0.1, 0.15) is 0 Å². The standard InChI is InChI=1S/C20H17F2N3O/c21-16-6-5-14(12-17(16)22)11-13-7-9-25(10-8-13)20-23-18-4-2-1-3-15(18)19(26)24-20/h1-6,11-12H,7-10H2,(H,23,24,26). The maximum Gasteiger partial charge on any atom is 0.260 e. The fraction of sp³-hybridized carbons (Fsp3) is 0.200. The van der Waals surface area contributed by atoms with Gasteiger partial charge in [0, 0.05) is 13.1 Å². The Bertz CT molecular complexity index is 1050. The van der Waals surface area contributed by atoms with E-state index in [1.54, 1.807) is 12.1 Å². The summed E-state index contributed by atoms with van der Waals surface area (Å²) in [5.74, 6) is -1.11. The van der Waals surface area contributed by atoms with Crippen LogP contribution in [0.4, 0.5) is 14.7 Å². The summed E-state index contributed by atoms with van der Waals surface area (Å²) in [6.45, 7) is 1.41. The zero-order valence-corrected chi connectivity index (χ0v) is 14.0. The molecule has 3 aromatic rings. The van der Waals surface area contributed by atoms with Gasteiger partial charge in [-0.15, -0.1) is 0 Å². The van der Waals surface area contributed by atoms with Gasteiger partial charge < -0.3 is 4.90 Å². The Hall–Kier alpha value is -3.02. The molecule has 0 unspecified atom stereocenters. The molecule has 1 N–H and O–H groups in total. The lowest BCUT2D eigenvalue weighted by Crippen LogP contribution is -2.33. The first-order chi connectivity index (χ1) is 12.6. The molecular weight excluding hydrogens is 336 g/mol. The van der Waals surface area contributed by atoms with Crippen LogP contribution in [-0.2, 0) is 0 Å². The molecule has 0 bridgehead atoms. The van der Waals surface area contributed by atoms with Crippen molar-refractivity contribution in [2.24, 2.45) is 0 Å². The Kier molecular flexibility index (Phi) is 4.24. The molecule has 4 rings (SSSR count). The van der Waals surface area contributed by atoms with E-state index in [0.717, 1.165) is 24.5 Å². The first kappa shape index (κ1) is 16.4. The number of aromatic nitrogens is 2. The molecule has 1 aliphatic heterocycles. The van der Waals surface area contributed by atoms with Crippen molar-refractivity contribution < 1.29 is 8.78 Å². The summed E-state index contributed by atoms with van der Waals surface area (Å²) in [5.41, 5.74) is 2.35. The van der Waals surface area contributed by atoms with Gasteiger partial charge in [0.2, 0.25) is 5.95 Å². The molecule has 1 saturated heterocycles. The monoisotopic (exact) mass is 353 g/mol. The fourth-order valence-electron chi connectivity index (χ4n) is 3.21. The van der Waals surface area contributed by atoms with E-state index in [0.29, 0.717) is 35.5 Å². The molecule has 0 spiro atoms. The van der Waals surface area contributed by atoms with Crippen LogP contribution in [0.5, 0.6) is 0 Å². The van der Waals surface area contributed by atoms with Crippen molar-refractivity contribution in [3.05, 3.63) is 75.6 Å². The number of H-pyrrole nitrogens is 1. The molecule has 0 aliphatic carbocycles. The number of para-hydroxylation sites is 1. The SMILES string of the molecule is O=c1[nH]c(N2CCC(=Cc3ccc(F)c(F)c3)CC2)nc2ccccc12. The molecule has 0 atom stereocenters. The normalized spacial score (nSPS) is 14.7. The second kappa shape index (κ2) is 6.71. The highest BCUT2D eigenvalue weighted by Gasteiger charge is 2.17. The number of nitrogens with one attached hydrogen (secondary N) is 1. The number of aromatic amines is 1. The maximum absolute atomic E-state index is 13.3. The van der Waals surface area contributed by atoms with Gasteiger partial charge in [0.05, 0.1) is 10.9 Å². The lowest BCUT2D eigenvalue weighted by molar-refractivity contribution is 0.508. The summed E-state index contributed by atoms with van der Waals surface area (Å²) < 4.78 is 26.3. The van der Waals surface area contributed by atoms with Crippen molar-refractivity contribution in [2.45, 2.75) is 12.8 Å². The molecule has 4 nitrogen and oxygen atoms in total. The van der Waals surface area contributed by atoms with E-state index < -0.39 is 11.6 Å². The van der Waals surface area contributed by atoms with Crippen LogP contribution in [0.1, 0.15) is 18.4 Å². The van der Waals surface area contributed by atoms with E-state index in [-0.39, 0.29) is 5.56 Å². The van der Waals surface area contributed by atoms with Crippen molar-refractivity contribution >= 4 is 22.9 Å². The predicted molar refractivity (Wildman–Crippen MR) is 98.1 cm³/mol. The van der Waals surface area contributed by atoms with Crippen LogP contribution in [0.3, 0.4) is 0 Å². The van der Waals surface area contributed by atoms with Gasteiger partial charge in [0.15, 0.2) is 11.6 Å². The third-order valence-electron chi connectivity index (χ3n) is 4.62. The molecule has 26 heavy (non-hydrogen) atoms. The number of nitrogens with zero attached hydrogens (tertiary/aromatic N) is 2. The third-order valence-corrected chi connectivity index (χ3v) is 4.62. The van der Waals surface area contributed by atoms with E-state index in [4.69, 9.17) is 0 Å². The molecule has 1 fully saturated rings. The summed E-state index contributed by atoms with van der Waals surface area (Å²) in [5, 5.41) is 0.576. The van der Waals surface area contributed by atoms with E-state index in [1.807, 2.05) is 29.2 Å². The molecule has 0 amide bonds. The smallest absolute Gasteiger partial charge is 0.260 e. The largest absolute Gasteiger partial charge is 0.342 e. The van der Waals surface area contributed by atoms with E-state index in [1.165, 1.54) is 6.07 Å². The van der Waals surface area contributed by atoms with Gasteiger partial charge in [-0.25, -0.2) is 13.8 Å². The fourth-order valence-corrected chi connectivity index (χ4v) is 3.21. The third kappa shape index (κ3) is 3.22. The first-order valence-electron chi connectivity index (χ1n) is 8.49. The predicted octanol–water partition coefficient (Wildman–Crippen LogP) is 3.89. The lowest BCUT2D eigenvalue weighted by Gasteiger charge is -2.29. The minimum absolute atomic E-state index is 0.145. The second-order valence-electron chi connectivity index (χ2n) is 6.37. The highest BCUT2D eigenvalue weighted by atomic mass is 19.2. The van der Waals surface area contributed by atoms with Crippen LogP contribution in [0.15, 0.2) is 52.8 Å². The van der Waals surface area contributed by atoms with Crippen LogP contribution in [0.2, 0.25) is 0 Å². The van der Waals surface area contributed by atoms with Crippen molar-refractivity contribution in [2.75, 3.05) is 18.0 Å². The number of rotatable bonds is 2. The molecule has 0 radical (unpaired) electrons. The van der Waals surface area contributed by atoms with Gasteiger partial charge in [-0.2, -0.15) is 0 Å². The summed E-state index contributed by atoms with van der Waals surface area (Å²) >= 11 is 0. The average Bonchev–Trinajstić information content (AvgIpc) is 2.65. The molecular formula is C20H17F2N3O. The number of hydrogen-bond acceptors (Lipinski definition) is 3. The van der Waals surface area contributed by atoms with E-state index >= 15 is 0 Å². The van der Waals surface area contributed by atoms with Crippen molar-refractivity contribution in [1.29, 1.82) is 0 Å². The van der Waals surface area contributed by atoms with E-state index in [9.17, 15) is 13.6 Å². The Labute approximate surface area is 148 Å². The van der Waals surface area contributed by atoms with Crippen molar-refractivity contribution in [1.82, 2.24) is 9.97 Å². The minimum atomic E-state index is -0.840. The Morgan fingerprint density at radius 3 is 2.58 bits per heavy atom. The summed E-state index contributed by atoms with van der Waals surface area (Å²) in [4.78, 5) is 21.6. The van der Waals surface area contributed by atoms with Gasteiger partial charge in [-0.1, -0.05) is 29.8 Å². The summed E-state index contributed by atoms with van der Waals surface area (Å²) in [7, 11) is 0. The lowest BCUT2D eigenvalue weighted by atomic mass is 10.0. The Morgan fingerprint density at radius 2 is 1.81 bits per heavy atom. The minimum Gasteiger partial charge on any atom is -0.342 e. The van der Waals surface area contributed by atoms with Crippen LogP contribution in [-0.4, -0.2) is 23.1 Å². The number of benzene rings is 2. The number of hydrogen-bond donors (Lipinski definition) is 1. The molecule has 1 aliphatic rings. The molecule has 6 heteroatoms. The van der Waals surface area contributed by atoms with Crippen molar-refractivity contribution in [3.8, 4) is 0 Å². The summed E-state index contributed by atoms with van der Waals surface area (Å²) in [6, 6.07) is 11.2. The maximum atomic E-state index is 13.3. The Morgan fingerprint density at radius 1 is 1.04 bits per heavy atom. The molecule has 1 aromatic heterocycles. The zero-order chi connectivity index (χ0) is 18.1. The second-order valence-corrected chi connectivity index (χ2v) is 6.37. The van der Waals surface area contributed by atoms with Crippen LogP contribution < -0.4 is 10.5 Å². The summed E-state index contributed by atoms with van der Waals surface area (Å²) in [6.07, 6.45) is 3.45. The molecule has 132 valence electrons. The first-order valence-corrected chi connectivity index (χ1v) is 8.49. The van der Waals surface area contributed by atoms with E-state index in [2.05, 4.69) is 9.97 Å². The number of fused-ring (bicyclic) bond motifs is 1. The molecule has 0 saturated carbocycles. The number of piperidine rings is 1. The number of halogens is 2. The zero-order valence-electron chi connectivity index (χ0n) is 14.0.